The van der Waals surface area contributed by atoms with Gasteiger partial charge >= 0.3 is 5.97 Å². The molecule has 1 saturated heterocycles. The number of benzene rings is 1. The zero-order valence-corrected chi connectivity index (χ0v) is 12.9. The van der Waals surface area contributed by atoms with Crippen molar-refractivity contribution < 1.29 is 9.53 Å². The Morgan fingerprint density at radius 1 is 1.43 bits per heavy atom. The summed E-state index contributed by atoms with van der Waals surface area (Å²) in [5.74, 6) is -0.118. The van der Waals surface area contributed by atoms with Crippen molar-refractivity contribution in [3.8, 4) is 0 Å². The van der Waals surface area contributed by atoms with Crippen LogP contribution in [-0.4, -0.2) is 11.0 Å². The van der Waals surface area contributed by atoms with Gasteiger partial charge in [0.2, 0.25) is 0 Å². The number of nitrogens with zero attached hydrogens (tertiary/aromatic N) is 1. The van der Waals surface area contributed by atoms with Crippen molar-refractivity contribution >= 4 is 28.1 Å². The molecule has 1 aromatic carbocycles. The zero-order valence-electron chi connectivity index (χ0n) is 12.1. The number of carbonyl (C=O) groups is 1. The first-order valence-electron chi connectivity index (χ1n) is 7.11. The van der Waals surface area contributed by atoms with Gasteiger partial charge in [-0.25, -0.2) is 4.98 Å². The summed E-state index contributed by atoms with van der Waals surface area (Å²) in [6, 6.07) is 9.91. The number of anilines is 2. The Bertz CT molecular complexity index is 641. The lowest BCUT2D eigenvalue weighted by molar-refractivity contribution is -0.150. The molecule has 110 valence electrons. The van der Waals surface area contributed by atoms with Crippen LogP contribution in [0.4, 0.5) is 10.8 Å². The SMILES string of the molecule is CC[C@H]1C[C@@](C)(c2csc(Nc3ccccc3)n2)OC1=O. The molecule has 2 aromatic rings. The van der Waals surface area contributed by atoms with Gasteiger partial charge in [0.25, 0.3) is 0 Å². The highest BCUT2D eigenvalue weighted by molar-refractivity contribution is 7.13. The van der Waals surface area contributed by atoms with Crippen molar-refractivity contribution in [1.82, 2.24) is 4.98 Å². The van der Waals surface area contributed by atoms with Crippen LogP contribution in [0.3, 0.4) is 0 Å². The van der Waals surface area contributed by atoms with E-state index in [1.54, 1.807) is 0 Å². The molecular weight excluding hydrogens is 284 g/mol. The molecule has 0 bridgehead atoms. The number of hydrogen-bond acceptors (Lipinski definition) is 5. The van der Waals surface area contributed by atoms with E-state index in [0.29, 0.717) is 6.42 Å². The smallest absolute Gasteiger partial charge is 0.310 e. The van der Waals surface area contributed by atoms with Crippen LogP contribution in [0.5, 0.6) is 0 Å². The second-order valence-electron chi connectivity index (χ2n) is 5.49. The van der Waals surface area contributed by atoms with E-state index in [2.05, 4.69) is 10.3 Å². The minimum absolute atomic E-state index is 0.0118. The molecule has 1 aliphatic heterocycles. The topological polar surface area (TPSA) is 51.2 Å². The summed E-state index contributed by atoms with van der Waals surface area (Å²) >= 11 is 1.53. The highest BCUT2D eigenvalue weighted by Gasteiger charge is 2.45. The molecular formula is C16H18N2O2S. The Hall–Kier alpha value is -1.88. The van der Waals surface area contributed by atoms with Gasteiger partial charge in [0, 0.05) is 17.5 Å². The molecule has 0 spiro atoms. The van der Waals surface area contributed by atoms with Crippen LogP contribution in [0.2, 0.25) is 0 Å². The molecule has 5 heteroatoms. The van der Waals surface area contributed by atoms with Gasteiger partial charge in [0.15, 0.2) is 10.7 Å². The lowest BCUT2D eigenvalue weighted by Crippen LogP contribution is -2.21. The van der Waals surface area contributed by atoms with E-state index in [1.807, 2.05) is 49.6 Å². The van der Waals surface area contributed by atoms with Crippen molar-refractivity contribution in [2.75, 3.05) is 5.32 Å². The largest absolute Gasteiger partial charge is 0.453 e. The molecule has 1 N–H and O–H groups in total. The number of hydrogen-bond donors (Lipinski definition) is 1. The maximum atomic E-state index is 11.8. The summed E-state index contributed by atoms with van der Waals surface area (Å²) < 4.78 is 5.58. The second-order valence-corrected chi connectivity index (χ2v) is 6.35. The number of aromatic nitrogens is 1. The van der Waals surface area contributed by atoms with E-state index in [-0.39, 0.29) is 11.9 Å². The van der Waals surface area contributed by atoms with Gasteiger partial charge in [-0.05, 0) is 25.5 Å². The predicted molar refractivity (Wildman–Crippen MR) is 83.7 cm³/mol. The maximum Gasteiger partial charge on any atom is 0.310 e. The standard InChI is InChI=1S/C16H18N2O2S/c1-3-11-9-16(2,20-14(11)19)13-10-21-15(18-13)17-12-7-5-4-6-8-12/h4-8,10-11H,3,9H2,1-2H3,(H,17,18)/t11-,16-/m0/s1. The first kappa shape index (κ1) is 14.1. The molecule has 21 heavy (non-hydrogen) atoms. The number of carbonyl (C=O) groups excluding carboxylic acids is 1. The molecule has 3 rings (SSSR count). The third kappa shape index (κ3) is 2.78. The van der Waals surface area contributed by atoms with Gasteiger partial charge in [-0.2, -0.15) is 0 Å². The van der Waals surface area contributed by atoms with Crippen molar-refractivity contribution in [2.45, 2.75) is 32.3 Å². The Morgan fingerprint density at radius 2 is 2.19 bits per heavy atom. The van der Waals surface area contributed by atoms with Crippen molar-refractivity contribution in [2.24, 2.45) is 5.92 Å². The normalized spacial score (nSPS) is 24.9. The number of cyclic esters (lactones) is 1. The zero-order chi connectivity index (χ0) is 14.9. The maximum absolute atomic E-state index is 11.8. The quantitative estimate of drug-likeness (QED) is 0.865. The molecule has 2 atom stereocenters. The molecule has 1 aromatic heterocycles. The molecule has 0 radical (unpaired) electrons. The molecule has 2 heterocycles. The second kappa shape index (κ2) is 5.48. The Labute approximate surface area is 128 Å². The van der Waals surface area contributed by atoms with Crippen LogP contribution in [0.15, 0.2) is 35.7 Å². The number of rotatable bonds is 4. The first-order valence-corrected chi connectivity index (χ1v) is 7.99. The van der Waals surface area contributed by atoms with Gasteiger partial charge in [-0.3, -0.25) is 4.79 Å². The van der Waals surface area contributed by atoms with Gasteiger partial charge in [-0.15, -0.1) is 11.3 Å². The van der Waals surface area contributed by atoms with E-state index < -0.39 is 5.60 Å². The van der Waals surface area contributed by atoms with Crippen LogP contribution in [0.1, 0.15) is 32.4 Å². The summed E-state index contributed by atoms with van der Waals surface area (Å²) in [5, 5.41) is 6.05. The van der Waals surface area contributed by atoms with Crippen LogP contribution in [0, 0.1) is 5.92 Å². The van der Waals surface area contributed by atoms with E-state index >= 15 is 0 Å². The highest BCUT2D eigenvalue weighted by Crippen LogP contribution is 2.41. The lowest BCUT2D eigenvalue weighted by Gasteiger charge is -2.19. The van der Waals surface area contributed by atoms with Crippen LogP contribution in [0.25, 0.3) is 0 Å². The highest BCUT2D eigenvalue weighted by atomic mass is 32.1. The number of ether oxygens (including phenoxy) is 1. The lowest BCUT2D eigenvalue weighted by atomic mass is 9.92. The fraction of sp³-hybridized carbons (Fsp3) is 0.375. The Morgan fingerprint density at radius 3 is 2.86 bits per heavy atom. The molecule has 0 amide bonds. The summed E-state index contributed by atoms with van der Waals surface area (Å²) in [5.41, 5.74) is 1.24. The molecule has 0 unspecified atom stereocenters. The van der Waals surface area contributed by atoms with E-state index in [9.17, 15) is 4.79 Å². The van der Waals surface area contributed by atoms with E-state index in [0.717, 1.165) is 22.9 Å². The average Bonchev–Trinajstić information content (AvgIpc) is 3.05. The molecule has 0 aliphatic carbocycles. The van der Waals surface area contributed by atoms with Crippen molar-refractivity contribution in [3.63, 3.8) is 0 Å². The third-order valence-corrected chi connectivity index (χ3v) is 4.62. The van der Waals surface area contributed by atoms with Crippen LogP contribution in [-0.2, 0) is 15.1 Å². The number of nitrogens with one attached hydrogen (secondary N) is 1. The summed E-state index contributed by atoms with van der Waals surface area (Å²) in [6.45, 7) is 3.96. The molecule has 1 aliphatic rings. The molecule has 0 saturated carbocycles. The minimum atomic E-state index is -0.592. The summed E-state index contributed by atoms with van der Waals surface area (Å²) in [4.78, 5) is 16.4. The number of esters is 1. The summed E-state index contributed by atoms with van der Waals surface area (Å²) in [6.07, 6.45) is 1.52. The summed E-state index contributed by atoms with van der Waals surface area (Å²) in [7, 11) is 0. The van der Waals surface area contributed by atoms with Gasteiger partial charge in [0.1, 0.15) is 0 Å². The van der Waals surface area contributed by atoms with Gasteiger partial charge in [0.05, 0.1) is 11.6 Å². The number of thiazole rings is 1. The molecule has 4 nitrogen and oxygen atoms in total. The van der Waals surface area contributed by atoms with Crippen LogP contribution >= 0.6 is 11.3 Å². The Kier molecular flexibility index (Phi) is 3.68. The fourth-order valence-electron chi connectivity index (χ4n) is 2.59. The van der Waals surface area contributed by atoms with Crippen molar-refractivity contribution in [3.05, 3.63) is 41.4 Å². The third-order valence-electron chi connectivity index (χ3n) is 3.86. The predicted octanol–water partition coefficient (Wildman–Crippen LogP) is 4.08. The average molecular weight is 302 g/mol. The van der Waals surface area contributed by atoms with Gasteiger partial charge in [-0.1, -0.05) is 25.1 Å². The minimum Gasteiger partial charge on any atom is -0.453 e. The van der Waals surface area contributed by atoms with Crippen LogP contribution < -0.4 is 5.32 Å². The number of para-hydroxylation sites is 1. The first-order chi connectivity index (χ1) is 10.1. The van der Waals surface area contributed by atoms with E-state index in [1.165, 1.54) is 11.3 Å². The fourth-order valence-corrected chi connectivity index (χ4v) is 3.44. The van der Waals surface area contributed by atoms with Crippen molar-refractivity contribution in [1.29, 1.82) is 0 Å². The Balaban J connectivity index is 1.78. The van der Waals surface area contributed by atoms with E-state index in [4.69, 9.17) is 4.74 Å². The monoisotopic (exact) mass is 302 g/mol. The molecule has 1 fully saturated rings. The van der Waals surface area contributed by atoms with Gasteiger partial charge < -0.3 is 10.1 Å².